The van der Waals surface area contributed by atoms with Crippen LogP contribution >= 0.6 is 11.6 Å². The van der Waals surface area contributed by atoms with E-state index in [-0.39, 0.29) is 42.2 Å². The lowest BCUT2D eigenvalue weighted by Gasteiger charge is -2.59. The zero-order valence-electron chi connectivity index (χ0n) is 26.4. The van der Waals surface area contributed by atoms with Crippen LogP contribution in [-0.2, 0) is 44.9 Å². The summed E-state index contributed by atoms with van der Waals surface area (Å²) < 4.78 is 37.5. The highest BCUT2D eigenvalue weighted by Crippen LogP contribution is 2.60. The summed E-state index contributed by atoms with van der Waals surface area (Å²) in [6.07, 6.45) is 3.03. The summed E-state index contributed by atoms with van der Waals surface area (Å²) >= 11 is 5.92. The molecule has 0 unspecified atom stereocenters. The summed E-state index contributed by atoms with van der Waals surface area (Å²) in [4.78, 5) is 46.1. The number of carbonyl (C=O) groups excluding carboxylic acids is 2. The maximum absolute atomic E-state index is 13.6. The van der Waals surface area contributed by atoms with Crippen molar-refractivity contribution < 1.29 is 42.7 Å². The quantitative estimate of drug-likeness (QED) is 0.202. The zero-order chi connectivity index (χ0) is 32.9. The molecule has 1 saturated carbocycles. The topological polar surface area (TPSA) is 127 Å². The molecule has 47 heavy (non-hydrogen) atoms. The molecule has 5 aliphatic rings. The average molecular weight is 670 g/mol. The molecule has 1 N–H and O–H groups in total. The van der Waals surface area contributed by atoms with Crippen LogP contribution < -0.4 is 5.32 Å². The van der Waals surface area contributed by atoms with Crippen LogP contribution in [0.25, 0.3) is 10.9 Å². The summed E-state index contributed by atoms with van der Waals surface area (Å²) in [6.45, 7) is 6.06. The largest absolute Gasteiger partial charge is 0.461 e. The first-order chi connectivity index (χ1) is 22.5. The monoisotopic (exact) mass is 669 g/mol. The fourth-order valence-electron chi connectivity index (χ4n) is 7.64. The lowest BCUT2D eigenvalue weighted by molar-refractivity contribution is -0.576. The Morgan fingerprint density at radius 2 is 1.87 bits per heavy atom. The summed E-state index contributed by atoms with van der Waals surface area (Å²) in [7, 11) is 0. The Balaban J connectivity index is 0.946. The Labute approximate surface area is 276 Å². The summed E-state index contributed by atoms with van der Waals surface area (Å²) in [5.74, 6) is -1.60. The molecular formula is C34H37ClFN3O8. The highest BCUT2D eigenvalue weighted by atomic mass is 35.5. The van der Waals surface area contributed by atoms with Crippen molar-refractivity contribution in [1.82, 2.24) is 9.97 Å². The number of nitrogens with zero attached hydrogens (tertiary/aromatic N) is 2. The van der Waals surface area contributed by atoms with Crippen LogP contribution in [0.4, 0.5) is 15.9 Å². The van der Waals surface area contributed by atoms with Crippen LogP contribution in [-0.4, -0.2) is 45.9 Å². The van der Waals surface area contributed by atoms with Crippen LogP contribution in [0.2, 0.25) is 5.02 Å². The van der Waals surface area contributed by atoms with Gasteiger partial charge in [-0.15, -0.1) is 0 Å². The normalized spacial score (nSPS) is 32.7. The molecule has 0 radical (unpaired) electrons. The van der Waals surface area contributed by atoms with Gasteiger partial charge in [-0.3, -0.25) is 9.59 Å². The second-order valence-corrected chi connectivity index (χ2v) is 13.7. The highest BCUT2D eigenvalue weighted by Gasteiger charge is 2.69. The first-order valence-corrected chi connectivity index (χ1v) is 16.4. The summed E-state index contributed by atoms with van der Waals surface area (Å²) in [6, 6.07) is 9.64. The van der Waals surface area contributed by atoms with E-state index in [1.165, 1.54) is 18.5 Å². The number of ether oxygens (including phenoxy) is 4. The van der Waals surface area contributed by atoms with Gasteiger partial charge in [0.15, 0.2) is 11.9 Å². The van der Waals surface area contributed by atoms with E-state index < -0.39 is 41.7 Å². The predicted molar refractivity (Wildman–Crippen MR) is 166 cm³/mol. The highest BCUT2D eigenvalue weighted by molar-refractivity contribution is 6.31. The minimum Gasteiger partial charge on any atom is -0.461 e. The molecule has 5 heterocycles. The Morgan fingerprint density at radius 3 is 2.70 bits per heavy atom. The molecule has 2 bridgehead atoms. The van der Waals surface area contributed by atoms with E-state index in [0.717, 1.165) is 19.3 Å². The number of rotatable bonds is 8. The molecule has 0 amide bonds. The molecule has 1 aliphatic carbocycles. The molecule has 250 valence electrons. The van der Waals surface area contributed by atoms with E-state index in [1.54, 1.807) is 24.3 Å². The van der Waals surface area contributed by atoms with Crippen molar-refractivity contribution in [3.05, 3.63) is 59.1 Å². The van der Waals surface area contributed by atoms with Crippen LogP contribution in [0.3, 0.4) is 0 Å². The molecular weight excluding hydrogens is 633 g/mol. The second-order valence-electron chi connectivity index (χ2n) is 13.3. The van der Waals surface area contributed by atoms with E-state index in [1.807, 2.05) is 13.8 Å². The average Bonchev–Trinajstić information content (AvgIpc) is 3.29. The number of carbonyl (C=O) groups is 2. The maximum atomic E-state index is 13.6. The van der Waals surface area contributed by atoms with Gasteiger partial charge < -0.3 is 24.3 Å². The smallest absolute Gasteiger partial charge is 0.308 e. The zero-order valence-corrected chi connectivity index (χ0v) is 27.1. The first-order valence-electron chi connectivity index (χ1n) is 16.1. The van der Waals surface area contributed by atoms with Gasteiger partial charge in [0.2, 0.25) is 12.1 Å². The van der Waals surface area contributed by atoms with Crippen LogP contribution in [0.1, 0.15) is 64.9 Å². The van der Waals surface area contributed by atoms with Crippen molar-refractivity contribution in [3.8, 4) is 0 Å². The second kappa shape index (κ2) is 12.6. The number of benzene rings is 2. The fraction of sp³-hybridized carbons (Fsp3) is 0.529. The van der Waals surface area contributed by atoms with Crippen molar-refractivity contribution in [1.29, 1.82) is 0 Å². The van der Waals surface area contributed by atoms with Gasteiger partial charge >= 0.3 is 11.9 Å². The van der Waals surface area contributed by atoms with E-state index in [2.05, 4.69) is 22.2 Å². The van der Waals surface area contributed by atoms with Crippen LogP contribution in [0, 0.1) is 29.5 Å². The van der Waals surface area contributed by atoms with Crippen molar-refractivity contribution in [2.45, 2.75) is 89.9 Å². The molecule has 1 aromatic heterocycles. The predicted octanol–water partition coefficient (Wildman–Crippen LogP) is 6.74. The van der Waals surface area contributed by atoms with Crippen molar-refractivity contribution >= 4 is 45.9 Å². The van der Waals surface area contributed by atoms with Gasteiger partial charge in [0.25, 0.3) is 0 Å². The summed E-state index contributed by atoms with van der Waals surface area (Å²) in [5.41, 5.74) is 1.16. The van der Waals surface area contributed by atoms with Gasteiger partial charge in [0.1, 0.15) is 24.6 Å². The van der Waals surface area contributed by atoms with E-state index in [9.17, 15) is 14.0 Å². The molecule has 8 rings (SSSR count). The molecule has 2 aromatic carbocycles. The molecule has 11 nitrogen and oxygen atoms in total. The van der Waals surface area contributed by atoms with E-state index in [4.69, 9.17) is 40.3 Å². The molecule has 4 aliphatic heterocycles. The van der Waals surface area contributed by atoms with E-state index in [0.29, 0.717) is 40.3 Å². The van der Waals surface area contributed by atoms with Crippen molar-refractivity contribution in [2.24, 2.45) is 23.7 Å². The fourth-order valence-corrected chi connectivity index (χ4v) is 7.82. The lowest BCUT2D eigenvalue weighted by Crippen LogP contribution is -2.70. The summed E-state index contributed by atoms with van der Waals surface area (Å²) in [5, 5.41) is 3.78. The number of esters is 2. The molecule has 8 atom stereocenters. The molecule has 3 aromatic rings. The Bertz CT molecular complexity index is 1700. The number of hydrogen-bond donors (Lipinski definition) is 1. The third-order valence-corrected chi connectivity index (χ3v) is 10.4. The third-order valence-electron chi connectivity index (χ3n) is 10.2. The minimum absolute atomic E-state index is 0.0180. The molecule has 13 heteroatoms. The number of aromatic nitrogens is 2. The molecule has 4 saturated heterocycles. The Morgan fingerprint density at radius 1 is 1.04 bits per heavy atom. The van der Waals surface area contributed by atoms with E-state index >= 15 is 0 Å². The molecule has 5 fully saturated rings. The first kappa shape index (κ1) is 32.1. The van der Waals surface area contributed by atoms with Gasteiger partial charge in [-0.05, 0) is 73.9 Å². The van der Waals surface area contributed by atoms with Crippen molar-refractivity contribution in [3.63, 3.8) is 0 Å². The number of nitrogens with one attached hydrogen (secondary N) is 1. The third kappa shape index (κ3) is 6.06. The number of anilines is 2. The van der Waals surface area contributed by atoms with Gasteiger partial charge in [0, 0.05) is 29.3 Å². The van der Waals surface area contributed by atoms with Gasteiger partial charge in [-0.25, -0.2) is 24.1 Å². The molecule has 1 spiro atoms. The lowest BCUT2D eigenvalue weighted by atomic mass is 9.58. The Kier molecular flexibility index (Phi) is 8.58. The SMILES string of the molecule is C[C@H]1[C@H](OC(=O)CCC(=O)OCc2ccc3ncnc(Nc4ccc(F)c(Cl)c4)c3c2)O[C@@H]2O[C@@]3(C)CC[C@H]4[C@H](C)CC[C@@H]1[C@@]24OO3. The van der Waals surface area contributed by atoms with Gasteiger partial charge in [0.05, 0.1) is 23.4 Å². The van der Waals surface area contributed by atoms with Crippen LogP contribution in [0.15, 0.2) is 42.7 Å². The number of hydrogen-bond acceptors (Lipinski definition) is 11. The number of halogens is 2. The maximum Gasteiger partial charge on any atom is 0.308 e. The van der Waals surface area contributed by atoms with Crippen molar-refractivity contribution in [2.75, 3.05) is 5.32 Å². The minimum atomic E-state index is -0.927. The Hall–Kier alpha value is -3.42. The van der Waals surface area contributed by atoms with Crippen LogP contribution in [0.5, 0.6) is 0 Å². The van der Waals surface area contributed by atoms with Gasteiger partial charge in [-0.1, -0.05) is 31.5 Å². The standard InChI is InChI=1S/C34H37ClFN3O8/c1-18-4-7-24-19(2)31(44-32-34(24)23(18)12-13-33(3,45-32)46-47-34)43-29(41)11-10-28(40)42-16-20-5-9-27-22(14-20)30(38-17-37-27)39-21-6-8-26(36)25(35)15-21/h5-6,8-9,14-15,17-19,23-24,31-32H,4,7,10-13,16H2,1-3H3,(H,37,38,39)/t18-,19-,23+,24+,31-,32-,33-,34-/m1/s1. The number of fused-ring (bicyclic) bond motifs is 3. The van der Waals surface area contributed by atoms with Gasteiger partial charge in [-0.2, -0.15) is 0 Å².